The van der Waals surface area contributed by atoms with Gasteiger partial charge in [0.2, 0.25) is 0 Å². The molecule has 0 atom stereocenters. The van der Waals surface area contributed by atoms with E-state index >= 15 is 0 Å². The molecule has 176 valence electrons. The number of hydrogen-bond donors (Lipinski definition) is 2. The highest BCUT2D eigenvalue weighted by molar-refractivity contribution is 7.92. The third kappa shape index (κ3) is 5.65. The lowest BCUT2D eigenvalue weighted by molar-refractivity contribution is -0.385. The highest BCUT2D eigenvalue weighted by Gasteiger charge is 2.18. The second kappa shape index (κ2) is 9.84. The Morgan fingerprint density at radius 3 is 2.35 bits per heavy atom. The Balaban J connectivity index is 1.79. The summed E-state index contributed by atoms with van der Waals surface area (Å²) in [5.41, 5.74) is 6.00. The number of aryl methyl sites for hydroxylation is 3. The Bertz CT molecular complexity index is 1410. The molecular formula is C24H24N4O5S. The highest BCUT2D eigenvalue weighted by Crippen LogP contribution is 2.22. The quantitative estimate of drug-likeness (QED) is 0.293. The zero-order valence-corrected chi connectivity index (χ0v) is 19.9. The Kier molecular flexibility index (Phi) is 7.11. The number of amides is 1. The van der Waals surface area contributed by atoms with Gasteiger partial charge in [-0.25, -0.2) is 13.8 Å². The minimum Gasteiger partial charge on any atom is -0.279 e. The van der Waals surface area contributed by atoms with E-state index in [1.54, 1.807) is 45.0 Å². The average Bonchev–Trinajstić information content (AvgIpc) is 2.79. The van der Waals surface area contributed by atoms with Gasteiger partial charge in [0.1, 0.15) is 0 Å². The van der Waals surface area contributed by atoms with Gasteiger partial charge in [0, 0.05) is 22.8 Å². The van der Waals surface area contributed by atoms with Crippen LogP contribution in [0.2, 0.25) is 0 Å². The predicted octanol–water partition coefficient (Wildman–Crippen LogP) is 4.47. The van der Waals surface area contributed by atoms with Crippen molar-refractivity contribution in [2.45, 2.75) is 32.6 Å². The number of anilines is 1. The number of carbonyl (C=O) groups is 1. The normalized spacial score (nSPS) is 11.7. The molecule has 0 spiro atoms. The summed E-state index contributed by atoms with van der Waals surface area (Å²) < 4.78 is 28.3. The van der Waals surface area contributed by atoms with E-state index in [-0.39, 0.29) is 16.1 Å². The van der Waals surface area contributed by atoms with E-state index in [0.717, 1.165) is 11.1 Å². The lowest BCUT2D eigenvalue weighted by Crippen LogP contribution is -2.20. The van der Waals surface area contributed by atoms with Gasteiger partial charge < -0.3 is 0 Å². The lowest BCUT2D eigenvalue weighted by Gasteiger charge is -2.12. The van der Waals surface area contributed by atoms with Crippen LogP contribution in [0.15, 0.2) is 70.7 Å². The minimum atomic E-state index is -3.93. The molecule has 1 amide bonds. The highest BCUT2D eigenvalue weighted by atomic mass is 32.2. The number of nitro groups is 1. The maximum atomic E-state index is 12.9. The van der Waals surface area contributed by atoms with Crippen LogP contribution in [0.3, 0.4) is 0 Å². The number of nitrogens with one attached hydrogen (secondary N) is 2. The van der Waals surface area contributed by atoms with E-state index in [1.165, 1.54) is 30.3 Å². The molecule has 3 aromatic rings. The number of benzene rings is 3. The monoisotopic (exact) mass is 480 g/mol. The fourth-order valence-corrected chi connectivity index (χ4v) is 4.41. The predicted molar refractivity (Wildman–Crippen MR) is 131 cm³/mol. The molecule has 0 aromatic heterocycles. The molecule has 3 rings (SSSR count). The lowest BCUT2D eigenvalue weighted by atomic mass is 10.1. The van der Waals surface area contributed by atoms with Gasteiger partial charge in [0.15, 0.2) is 0 Å². The zero-order chi connectivity index (χ0) is 25.0. The molecule has 0 bridgehead atoms. The molecule has 9 nitrogen and oxygen atoms in total. The number of rotatable bonds is 7. The van der Waals surface area contributed by atoms with Gasteiger partial charge in [-0.2, -0.15) is 5.10 Å². The first kappa shape index (κ1) is 24.6. The first-order valence-corrected chi connectivity index (χ1v) is 11.8. The second-order valence-corrected chi connectivity index (χ2v) is 9.53. The van der Waals surface area contributed by atoms with Crippen LogP contribution in [0.1, 0.15) is 39.5 Å². The summed E-state index contributed by atoms with van der Waals surface area (Å²) in [4.78, 5) is 23.2. The summed E-state index contributed by atoms with van der Waals surface area (Å²) in [5.74, 6) is -0.621. The zero-order valence-electron chi connectivity index (χ0n) is 19.1. The Morgan fingerprint density at radius 1 is 0.941 bits per heavy atom. The fraction of sp³-hybridized carbons (Fsp3) is 0.167. The molecule has 0 aliphatic heterocycles. The summed E-state index contributed by atoms with van der Waals surface area (Å²) in [5, 5.41) is 15.2. The molecule has 0 fully saturated rings. The minimum absolute atomic E-state index is 0.0485. The first-order chi connectivity index (χ1) is 16.0. The van der Waals surface area contributed by atoms with Gasteiger partial charge in [-0.15, -0.1) is 0 Å². The van der Waals surface area contributed by atoms with Crippen molar-refractivity contribution in [3.63, 3.8) is 0 Å². The van der Waals surface area contributed by atoms with Crippen LogP contribution in [0, 0.1) is 30.9 Å². The maximum absolute atomic E-state index is 12.9. The van der Waals surface area contributed by atoms with Crippen LogP contribution in [0.4, 0.5) is 11.4 Å². The molecule has 0 saturated carbocycles. The smallest absolute Gasteiger partial charge is 0.272 e. The summed E-state index contributed by atoms with van der Waals surface area (Å²) in [6.45, 7) is 6.95. The van der Waals surface area contributed by atoms with Gasteiger partial charge in [0.25, 0.3) is 21.6 Å². The number of sulfonamides is 1. The van der Waals surface area contributed by atoms with Crippen molar-refractivity contribution in [1.82, 2.24) is 5.43 Å². The van der Waals surface area contributed by atoms with E-state index in [1.807, 2.05) is 13.0 Å². The summed E-state index contributed by atoms with van der Waals surface area (Å²) in [6.07, 6.45) is 0. The largest absolute Gasteiger partial charge is 0.279 e. The standard InChI is InChI=1S/C24H24N4O5S/c1-15-8-11-22(17(3)12-15)27-34(32,33)21-7-5-6-20(13-21)24(29)26-25-18(4)19-10-9-16(2)23(14-19)28(30)31/h5-14,27H,1-4H3,(H,26,29). The van der Waals surface area contributed by atoms with E-state index in [9.17, 15) is 23.3 Å². The molecular weight excluding hydrogens is 456 g/mol. The Morgan fingerprint density at radius 2 is 1.68 bits per heavy atom. The van der Waals surface area contributed by atoms with Crippen molar-refractivity contribution in [3.05, 3.63) is 98.6 Å². The van der Waals surface area contributed by atoms with Crippen LogP contribution in [-0.2, 0) is 10.0 Å². The van der Waals surface area contributed by atoms with Gasteiger partial charge in [-0.05, 0) is 57.5 Å². The number of hydrogen-bond acceptors (Lipinski definition) is 6. The summed E-state index contributed by atoms with van der Waals surface area (Å²) in [7, 11) is -3.93. The van der Waals surface area contributed by atoms with E-state index in [4.69, 9.17) is 0 Å². The van der Waals surface area contributed by atoms with Gasteiger partial charge >= 0.3 is 0 Å². The van der Waals surface area contributed by atoms with Crippen LogP contribution in [0.5, 0.6) is 0 Å². The van der Waals surface area contributed by atoms with Crippen LogP contribution >= 0.6 is 0 Å². The molecule has 3 aromatic carbocycles. The maximum Gasteiger partial charge on any atom is 0.272 e. The summed E-state index contributed by atoms with van der Waals surface area (Å²) in [6, 6.07) is 15.6. The molecule has 0 aliphatic carbocycles. The molecule has 0 aliphatic rings. The number of hydrazone groups is 1. The van der Waals surface area contributed by atoms with E-state index in [2.05, 4.69) is 15.2 Å². The SMILES string of the molecule is CC(=NNC(=O)c1cccc(S(=O)(=O)Nc2ccc(C)cc2C)c1)c1ccc(C)c([N+](=O)[O-])c1. The second-order valence-electron chi connectivity index (χ2n) is 7.85. The van der Waals surface area contributed by atoms with Crippen molar-refractivity contribution in [1.29, 1.82) is 0 Å². The van der Waals surface area contributed by atoms with E-state index < -0.39 is 20.9 Å². The van der Waals surface area contributed by atoms with Crippen LogP contribution in [-0.4, -0.2) is 25.0 Å². The number of nitro benzene ring substituents is 1. The molecule has 0 heterocycles. The Labute approximate surface area is 197 Å². The first-order valence-electron chi connectivity index (χ1n) is 10.3. The van der Waals surface area contributed by atoms with Crippen LogP contribution < -0.4 is 10.1 Å². The summed E-state index contributed by atoms with van der Waals surface area (Å²) >= 11 is 0. The molecule has 0 unspecified atom stereocenters. The Hall–Kier alpha value is -4.05. The number of carbonyl (C=O) groups excluding carboxylic acids is 1. The molecule has 0 saturated heterocycles. The van der Waals surface area contributed by atoms with Crippen molar-refractivity contribution in [2.75, 3.05) is 4.72 Å². The molecule has 2 N–H and O–H groups in total. The van der Waals surface area contributed by atoms with Crippen molar-refractivity contribution in [3.8, 4) is 0 Å². The molecule has 10 heteroatoms. The number of nitrogens with zero attached hydrogens (tertiary/aromatic N) is 2. The van der Waals surface area contributed by atoms with Crippen LogP contribution in [0.25, 0.3) is 0 Å². The topological polar surface area (TPSA) is 131 Å². The van der Waals surface area contributed by atoms with Gasteiger partial charge in [0.05, 0.1) is 21.2 Å². The van der Waals surface area contributed by atoms with Crippen molar-refractivity contribution >= 4 is 33.0 Å². The molecule has 34 heavy (non-hydrogen) atoms. The average molecular weight is 481 g/mol. The van der Waals surface area contributed by atoms with Gasteiger partial charge in [-0.1, -0.05) is 35.9 Å². The third-order valence-electron chi connectivity index (χ3n) is 5.18. The van der Waals surface area contributed by atoms with Crippen molar-refractivity contribution < 1.29 is 18.1 Å². The van der Waals surface area contributed by atoms with E-state index in [0.29, 0.717) is 22.5 Å². The molecule has 0 radical (unpaired) electrons. The fourth-order valence-electron chi connectivity index (χ4n) is 3.23. The third-order valence-corrected chi connectivity index (χ3v) is 6.54. The van der Waals surface area contributed by atoms with Crippen molar-refractivity contribution in [2.24, 2.45) is 5.10 Å². The van der Waals surface area contributed by atoms with Gasteiger partial charge in [-0.3, -0.25) is 19.6 Å².